The molecule has 140 valence electrons. The zero-order chi connectivity index (χ0) is 18.7. The monoisotopic (exact) mass is 477 g/mol. The number of hydrogen-bond donors (Lipinski definition) is 2. The smallest absolute Gasteiger partial charge is 0.244 e. The van der Waals surface area contributed by atoms with E-state index < -0.39 is 9.84 Å². The Balaban J connectivity index is 1.44. The first-order valence-electron chi connectivity index (χ1n) is 7.77. The highest BCUT2D eigenvalue weighted by atomic mass is 79.9. The van der Waals surface area contributed by atoms with E-state index in [0.29, 0.717) is 12.1 Å². The Kier molecular flexibility index (Phi) is 6.10. The molecule has 2 aromatic heterocycles. The maximum absolute atomic E-state index is 11.9. The Morgan fingerprint density at radius 1 is 1.23 bits per heavy atom. The van der Waals surface area contributed by atoms with Crippen molar-refractivity contribution < 1.29 is 18.0 Å². The second-order valence-electron chi connectivity index (χ2n) is 6.02. The molecule has 1 aliphatic rings. The molecule has 0 aliphatic carbocycles. The summed E-state index contributed by atoms with van der Waals surface area (Å²) in [7, 11) is -3.01. The van der Waals surface area contributed by atoms with Crippen LogP contribution in [0.25, 0.3) is 9.88 Å². The minimum absolute atomic E-state index is 0.0365. The zero-order valence-electron chi connectivity index (χ0n) is 13.5. The van der Waals surface area contributed by atoms with Gasteiger partial charge < -0.3 is 0 Å². The van der Waals surface area contributed by atoms with Crippen molar-refractivity contribution in [2.24, 2.45) is 5.92 Å². The summed E-state index contributed by atoms with van der Waals surface area (Å²) in [6.07, 6.45) is 0.638. The summed E-state index contributed by atoms with van der Waals surface area (Å²) >= 11 is 6.42. The van der Waals surface area contributed by atoms with Gasteiger partial charge in [-0.2, -0.15) is 0 Å². The first kappa shape index (κ1) is 19.5. The number of nitrogens with one attached hydrogen (secondary N) is 2. The highest BCUT2D eigenvalue weighted by Crippen LogP contribution is 2.32. The molecule has 1 atom stereocenters. The van der Waals surface area contributed by atoms with Gasteiger partial charge in [-0.25, -0.2) is 13.4 Å². The van der Waals surface area contributed by atoms with Gasteiger partial charge in [-0.1, -0.05) is 0 Å². The van der Waals surface area contributed by atoms with Crippen LogP contribution in [0.4, 0.5) is 0 Å². The number of thiazole rings is 1. The number of hydrazine groups is 1. The van der Waals surface area contributed by atoms with Crippen LogP contribution in [0.15, 0.2) is 21.3 Å². The van der Waals surface area contributed by atoms with Crippen LogP contribution in [0.5, 0.6) is 0 Å². The van der Waals surface area contributed by atoms with E-state index in [1.54, 1.807) is 11.3 Å². The van der Waals surface area contributed by atoms with Crippen molar-refractivity contribution in [3.8, 4) is 9.88 Å². The van der Waals surface area contributed by atoms with Crippen LogP contribution in [-0.4, -0.2) is 36.7 Å². The molecule has 0 aromatic carbocycles. The third-order valence-corrected chi connectivity index (χ3v) is 8.40. The standard InChI is InChI=1S/C15H16BrN3O4S3/c16-10-4-12(24-6-10)15-17-11(7-25-15)5-14(21)19-18-13(20)3-9-1-2-26(22,23)8-9/h4,6-7,9H,1-3,5,8H2,(H,18,20)(H,19,21). The van der Waals surface area contributed by atoms with Crippen LogP contribution < -0.4 is 10.9 Å². The molecule has 3 heterocycles. The predicted molar refractivity (Wildman–Crippen MR) is 104 cm³/mol. The molecular formula is C15H16BrN3O4S3. The van der Waals surface area contributed by atoms with E-state index in [2.05, 4.69) is 31.8 Å². The van der Waals surface area contributed by atoms with Crippen molar-refractivity contribution in [3.63, 3.8) is 0 Å². The Morgan fingerprint density at radius 2 is 2.00 bits per heavy atom. The summed E-state index contributed by atoms with van der Waals surface area (Å²) in [6.45, 7) is 0. The lowest BCUT2D eigenvalue weighted by atomic mass is 10.1. The second-order valence-corrected chi connectivity index (χ2v) is 10.9. The minimum Gasteiger partial charge on any atom is -0.273 e. The van der Waals surface area contributed by atoms with Crippen LogP contribution in [0.2, 0.25) is 0 Å². The molecule has 1 unspecified atom stereocenters. The molecule has 3 rings (SSSR count). The van der Waals surface area contributed by atoms with Gasteiger partial charge in [0.2, 0.25) is 11.8 Å². The van der Waals surface area contributed by atoms with E-state index in [0.717, 1.165) is 14.4 Å². The Morgan fingerprint density at radius 3 is 2.65 bits per heavy atom. The fraction of sp³-hybridized carbons (Fsp3) is 0.400. The third-order valence-electron chi connectivity index (χ3n) is 3.81. The van der Waals surface area contributed by atoms with Crippen LogP contribution in [-0.2, 0) is 25.8 Å². The van der Waals surface area contributed by atoms with E-state index >= 15 is 0 Å². The summed E-state index contributed by atoms with van der Waals surface area (Å²) < 4.78 is 23.8. The number of nitrogens with zero attached hydrogens (tertiary/aromatic N) is 1. The predicted octanol–water partition coefficient (Wildman–Crippen LogP) is 2.15. The van der Waals surface area contributed by atoms with E-state index in [1.165, 1.54) is 11.3 Å². The largest absolute Gasteiger partial charge is 0.273 e. The SMILES string of the molecule is O=C(Cc1csc(-c2cc(Br)cs2)n1)NNC(=O)CC1CCS(=O)(=O)C1. The number of carbonyl (C=O) groups excluding carboxylic acids is 2. The summed E-state index contributed by atoms with van der Waals surface area (Å²) in [5.41, 5.74) is 5.32. The van der Waals surface area contributed by atoms with Crippen molar-refractivity contribution in [1.82, 2.24) is 15.8 Å². The minimum atomic E-state index is -3.01. The van der Waals surface area contributed by atoms with Crippen molar-refractivity contribution in [2.75, 3.05) is 11.5 Å². The summed E-state index contributed by atoms with van der Waals surface area (Å²) in [5, 5.41) is 4.62. The second kappa shape index (κ2) is 8.15. The molecule has 1 aliphatic heterocycles. The van der Waals surface area contributed by atoms with Gasteiger partial charge in [0, 0.05) is 21.7 Å². The lowest BCUT2D eigenvalue weighted by molar-refractivity contribution is -0.129. The number of amides is 2. The first-order valence-corrected chi connectivity index (χ1v) is 12.1. The molecule has 1 saturated heterocycles. The Hall–Kier alpha value is -1.30. The van der Waals surface area contributed by atoms with Crippen molar-refractivity contribution in [3.05, 3.63) is 27.0 Å². The number of sulfone groups is 1. The van der Waals surface area contributed by atoms with E-state index in [4.69, 9.17) is 0 Å². The molecule has 2 aromatic rings. The van der Waals surface area contributed by atoms with Crippen LogP contribution in [0, 0.1) is 5.92 Å². The maximum atomic E-state index is 11.9. The van der Waals surface area contributed by atoms with Gasteiger partial charge in [-0.05, 0) is 34.3 Å². The number of aromatic nitrogens is 1. The van der Waals surface area contributed by atoms with Crippen LogP contribution in [0.3, 0.4) is 0 Å². The molecule has 1 fully saturated rings. The van der Waals surface area contributed by atoms with Gasteiger partial charge in [-0.3, -0.25) is 20.4 Å². The quantitative estimate of drug-likeness (QED) is 0.641. The van der Waals surface area contributed by atoms with Crippen LogP contribution >= 0.6 is 38.6 Å². The van der Waals surface area contributed by atoms with E-state index in [9.17, 15) is 18.0 Å². The number of rotatable bonds is 5. The molecule has 0 bridgehead atoms. The van der Waals surface area contributed by atoms with E-state index in [-0.39, 0.29) is 42.1 Å². The highest BCUT2D eigenvalue weighted by molar-refractivity contribution is 9.10. The number of hydrogen-bond acceptors (Lipinski definition) is 7. The van der Waals surface area contributed by atoms with Crippen LogP contribution in [0.1, 0.15) is 18.5 Å². The molecule has 0 saturated carbocycles. The lowest BCUT2D eigenvalue weighted by Gasteiger charge is -2.09. The highest BCUT2D eigenvalue weighted by Gasteiger charge is 2.29. The number of carbonyl (C=O) groups is 2. The third kappa shape index (κ3) is 5.35. The first-order chi connectivity index (χ1) is 12.3. The Labute approximate surface area is 167 Å². The number of halogens is 1. The lowest BCUT2D eigenvalue weighted by Crippen LogP contribution is -2.43. The average Bonchev–Trinajstić information content (AvgIpc) is 3.26. The molecule has 0 radical (unpaired) electrons. The summed E-state index contributed by atoms with van der Waals surface area (Å²) in [5.74, 6) is -0.772. The maximum Gasteiger partial charge on any atom is 0.244 e. The van der Waals surface area contributed by atoms with Crippen molar-refractivity contribution in [1.29, 1.82) is 0 Å². The normalized spacial score (nSPS) is 18.6. The molecule has 7 nitrogen and oxygen atoms in total. The van der Waals surface area contributed by atoms with Gasteiger partial charge in [0.15, 0.2) is 9.84 Å². The van der Waals surface area contributed by atoms with Gasteiger partial charge >= 0.3 is 0 Å². The van der Waals surface area contributed by atoms with Crippen molar-refractivity contribution in [2.45, 2.75) is 19.3 Å². The fourth-order valence-corrected chi connectivity index (χ4v) is 6.81. The van der Waals surface area contributed by atoms with Gasteiger partial charge in [-0.15, -0.1) is 22.7 Å². The summed E-state index contributed by atoms with van der Waals surface area (Å²) in [4.78, 5) is 29.2. The van der Waals surface area contributed by atoms with Gasteiger partial charge in [0.05, 0.1) is 28.5 Å². The van der Waals surface area contributed by atoms with Gasteiger partial charge in [0.25, 0.3) is 0 Å². The fourth-order valence-electron chi connectivity index (χ4n) is 2.62. The molecule has 2 amide bonds. The molecule has 11 heteroatoms. The van der Waals surface area contributed by atoms with Gasteiger partial charge in [0.1, 0.15) is 5.01 Å². The average molecular weight is 478 g/mol. The molecule has 26 heavy (non-hydrogen) atoms. The zero-order valence-corrected chi connectivity index (χ0v) is 17.6. The summed E-state index contributed by atoms with van der Waals surface area (Å²) in [6, 6.07) is 1.97. The van der Waals surface area contributed by atoms with Crippen molar-refractivity contribution >= 4 is 60.3 Å². The molecule has 2 N–H and O–H groups in total. The number of thiophene rings is 1. The topological polar surface area (TPSA) is 105 Å². The molecule has 0 spiro atoms. The van der Waals surface area contributed by atoms with E-state index in [1.807, 2.05) is 16.8 Å². The molecular weight excluding hydrogens is 462 g/mol. The Bertz CT molecular complexity index is 922.